The molecule has 0 bridgehead atoms. The molecule has 0 aliphatic heterocycles. The zero-order valence-corrected chi connectivity index (χ0v) is 16.1. The van der Waals surface area contributed by atoms with Crippen LogP contribution in [0.25, 0.3) is 10.9 Å². The van der Waals surface area contributed by atoms with Crippen molar-refractivity contribution in [3.05, 3.63) is 23.2 Å². The molecule has 0 N–H and O–H groups in total. The van der Waals surface area contributed by atoms with Crippen LogP contribution in [0.4, 0.5) is 0 Å². The van der Waals surface area contributed by atoms with E-state index < -0.39 is 16.6 Å². The minimum absolute atomic E-state index is 0.350. The lowest BCUT2D eigenvalue weighted by atomic mass is 10.2. The number of hydrogen-bond donors (Lipinski definition) is 0. The number of halogens is 1. The summed E-state index contributed by atoms with van der Waals surface area (Å²) in [7, 11) is -3.59. The molecule has 7 heteroatoms. The third kappa shape index (κ3) is 4.42. The van der Waals surface area contributed by atoms with Gasteiger partial charge in [0.1, 0.15) is 0 Å². The van der Waals surface area contributed by atoms with Crippen molar-refractivity contribution < 1.29 is 8.85 Å². The topological polar surface area (TPSA) is 44.2 Å². The maximum atomic E-state index is 6.26. The van der Waals surface area contributed by atoms with E-state index in [1.54, 1.807) is 0 Å². The summed E-state index contributed by atoms with van der Waals surface area (Å²) in [4.78, 5) is 8.92. The zero-order valence-electron chi connectivity index (χ0n) is 13.3. The van der Waals surface area contributed by atoms with E-state index in [0.29, 0.717) is 22.4 Å². The van der Waals surface area contributed by atoms with Crippen LogP contribution in [-0.4, -0.2) is 26.6 Å². The first kappa shape index (κ1) is 16.3. The number of benzene rings is 1. The van der Waals surface area contributed by atoms with Crippen LogP contribution in [0.5, 0.6) is 11.9 Å². The lowest BCUT2D eigenvalue weighted by molar-refractivity contribution is 0.482. The molecule has 0 fully saturated rings. The molecular formula is C14H21ClN2O2Si2. The van der Waals surface area contributed by atoms with Crippen molar-refractivity contribution in [2.24, 2.45) is 0 Å². The van der Waals surface area contributed by atoms with Gasteiger partial charge in [0, 0.05) is 0 Å². The second kappa shape index (κ2) is 5.59. The molecule has 0 amide bonds. The van der Waals surface area contributed by atoms with Crippen LogP contribution in [0.1, 0.15) is 0 Å². The molecule has 1 aromatic heterocycles. The van der Waals surface area contributed by atoms with Gasteiger partial charge < -0.3 is 8.85 Å². The molecule has 0 saturated carbocycles. The van der Waals surface area contributed by atoms with Gasteiger partial charge in [-0.1, -0.05) is 17.7 Å². The van der Waals surface area contributed by atoms with Crippen LogP contribution in [0.3, 0.4) is 0 Å². The summed E-state index contributed by atoms with van der Waals surface area (Å²) in [5, 5.41) is 1.41. The molecule has 4 nitrogen and oxygen atoms in total. The highest BCUT2D eigenvalue weighted by Crippen LogP contribution is 2.31. The summed E-state index contributed by atoms with van der Waals surface area (Å²) in [6.07, 6.45) is 0. The Labute approximate surface area is 132 Å². The minimum Gasteiger partial charge on any atom is -0.531 e. The maximum Gasteiger partial charge on any atom is 0.306 e. The normalized spacial score (nSPS) is 12.5. The molecule has 2 aromatic rings. The molecule has 114 valence electrons. The van der Waals surface area contributed by atoms with Crippen LogP contribution in [0.15, 0.2) is 18.2 Å². The lowest BCUT2D eigenvalue weighted by Gasteiger charge is -2.22. The van der Waals surface area contributed by atoms with Crippen LogP contribution in [0.2, 0.25) is 44.3 Å². The fourth-order valence-corrected chi connectivity index (χ4v) is 3.35. The van der Waals surface area contributed by atoms with Gasteiger partial charge in [-0.25, -0.2) is 0 Å². The van der Waals surface area contributed by atoms with Crippen molar-refractivity contribution >= 4 is 39.1 Å². The molecule has 2 rings (SSSR count). The zero-order chi connectivity index (χ0) is 15.8. The lowest BCUT2D eigenvalue weighted by Crippen LogP contribution is -2.32. The molecule has 0 aliphatic rings. The number of nitrogens with zero attached hydrogens (tertiary/aromatic N) is 2. The van der Waals surface area contributed by atoms with E-state index in [-0.39, 0.29) is 0 Å². The van der Waals surface area contributed by atoms with Crippen molar-refractivity contribution in [2.45, 2.75) is 39.3 Å². The SMILES string of the molecule is C[Si](C)(C)Oc1nc(O[Si](C)(C)C)c2cccc(Cl)c2n1. The van der Waals surface area contributed by atoms with Crippen LogP contribution in [-0.2, 0) is 0 Å². The third-order valence-corrected chi connectivity index (χ3v) is 4.33. The van der Waals surface area contributed by atoms with Crippen molar-refractivity contribution in [2.75, 3.05) is 0 Å². The van der Waals surface area contributed by atoms with Crippen molar-refractivity contribution in [1.29, 1.82) is 0 Å². The Bertz CT molecular complexity index is 666. The Balaban J connectivity index is 2.61. The van der Waals surface area contributed by atoms with Crippen molar-refractivity contribution in [3.63, 3.8) is 0 Å². The molecular weight excluding hydrogens is 320 g/mol. The van der Waals surface area contributed by atoms with E-state index in [4.69, 9.17) is 20.5 Å². The summed E-state index contributed by atoms with van der Waals surface area (Å²) >= 11 is 6.26. The highest BCUT2D eigenvalue weighted by molar-refractivity contribution is 6.70. The molecule has 1 heterocycles. The third-order valence-electron chi connectivity index (χ3n) is 2.42. The van der Waals surface area contributed by atoms with Gasteiger partial charge in [-0.2, -0.15) is 9.97 Å². The molecule has 0 spiro atoms. The van der Waals surface area contributed by atoms with Gasteiger partial charge in [0.2, 0.25) is 22.5 Å². The van der Waals surface area contributed by atoms with Gasteiger partial charge in [-0.15, -0.1) is 0 Å². The first-order valence-electron chi connectivity index (χ1n) is 6.89. The van der Waals surface area contributed by atoms with Crippen LogP contribution < -0.4 is 8.85 Å². The fraction of sp³-hybridized carbons (Fsp3) is 0.429. The molecule has 0 unspecified atom stereocenters. The smallest absolute Gasteiger partial charge is 0.306 e. The number of hydrogen-bond acceptors (Lipinski definition) is 4. The minimum atomic E-state index is -1.80. The van der Waals surface area contributed by atoms with Crippen LogP contribution in [0, 0.1) is 0 Å². The second-order valence-corrected chi connectivity index (χ2v) is 16.1. The first-order valence-corrected chi connectivity index (χ1v) is 14.1. The number of aromatic nitrogens is 2. The number of para-hydroxylation sites is 1. The van der Waals surface area contributed by atoms with Gasteiger partial charge in [0.25, 0.3) is 0 Å². The van der Waals surface area contributed by atoms with Gasteiger partial charge in [-0.05, 0) is 51.4 Å². The molecule has 21 heavy (non-hydrogen) atoms. The van der Waals surface area contributed by atoms with Crippen molar-refractivity contribution in [1.82, 2.24) is 9.97 Å². The van der Waals surface area contributed by atoms with Crippen molar-refractivity contribution in [3.8, 4) is 11.9 Å². The highest BCUT2D eigenvalue weighted by atomic mass is 35.5. The van der Waals surface area contributed by atoms with E-state index in [2.05, 4.69) is 49.3 Å². The summed E-state index contributed by atoms with van der Waals surface area (Å²) in [5.41, 5.74) is 0.677. The van der Waals surface area contributed by atoms with E-state index in [1.165, 1.54) is 0 Å². The Kier molecular flexibility index (Phi) is 4.32. The van der Waals surface area contributed by atoms with E-state index in [9.17, 15) is 0 Å². The van der Waals surface area contributed by atoms with E-state index in [0.717, 1.165) is 5.39 Å². The van der Waals surface area contributed by atoms with Gasteiger partial charge >= 0.3 is 6.01 Å². The van der Waals surface area contributed by atoms with Crippen LogP contribution >= 0.6 is 11.6 Å². The summed E-state index contributed by atoms with van der Waals surface area (Å²) in [6, 6.07) is 5.97. The Morgan fingerprint density at radius 3 is 2.10 bits per heavy atom. The first-order chi connectivity index (χ1) is 9.55. The summed E-state index contributed by atoms with van der Waals surface area (Å²) in [5.74, 6) is 0.565. The predicted octanol–water partition coefficient (Wildman–Crippen LogP) is 4.71. The molecule has 0 atom stereocenters. The Hall–Kier alpha value is -1.12. The summed E-state index contributed by atoms with van der Waals surface area (Å²) in [6.45, 7) is 12.6. The summed E-state index contributed by atoms with van der Waals surface area (Å²) < 4.78 is 12.0. The largest absolute Gasteiger partial charge is 0.531 e. The second-order valence-electron chi connectivity index (χ2n) is 6.88. The van der Waals surface area contributed by atoms with Gasteiger partial charge in [-0.3, -0.25) is 0 Å². The predicted molar refractivity (Wildman–Crippen MR) is 92.5 cm³/mol. The molecule has 1 aromatic carbocycles. The Morgan fingerprint density at radius 2 is 1.52 bits per heavy atom. The quantitative estimate of drug-likeness (QED) is 0.756. The average molecular weight is 341 g/mol. The Morgan fingerprint density at radius 1 is 0.905 bits per heavy atom. The van der Waals surface area contributed by atoms with E-state index >= 15 is 0 Å². The van der Waals surface area contributed by atoms with E-state index in [1.807, 2.05) is 18.2 Å². The highest BCUT2D eigenvalue weighted by Gasteiger charge is 2.23. The monoisotopic (exact) mass is 340 g/mol. The number of fused-ring (bicyclic) bond motifs is 1. The maximum absolute atomic E-state index is 6.26. The molecule has 0 radical (unpaired) electrons. The average Bonchev–Trinajstić information content (AvgIpc) is 2.26. The number of rotatable bonds is 4. The molecule has 0 aliphatic carbocycles. The standard InChI is InChI=1S/C14H21ClN2O2Si2/c1-20(2,3)18-13-10-8-7-9-11(15)12(10)16-14(17-13)19-21(4,5)6/h7-9H,1-6H3. The van der Waals surface area contributed by atoms with Gasteiger partial charge in [0.15, 0.2) is 0 Å². The molecule has 0 saturated heterocycles. The fourth-order valence-electron chi connectivity index (χ4n) is 1.76. The van der Waals surface area contributed by atoms with Gasteiger partial charge in [0.05, 0.1) is 15.9 Å².